The maximum Gasteiger partial charge on any atom is 0.0700 e. The maximum absolute atomic E-state index is 5.46. The third kappa shape index (κ3) is 7.25. The van der Waals surface area contributed by atoms with Crippen LogP contribution in [0.5, 0.6) is 0 Å². The van der Waals surface area contributed by atoms with Gasteiger partial charge in [0.25, 0.3) is 0 Å². The van der Waals surface area contributed by atoms with Crippen LogP contribution in [-0.2, 0) is 9.47 Å². The summed E-state index contributed by atoms with van der Waals surface area (Å²) in [7, 11) is 1.70. The fraction of sp³-hybridized carbons (Fsp3) is 1.00. The molecule has 4 heteroatoms. The van der Waals surface area contributed by atoms with Gasteiger partial charge in [-0.05, 0) is 58.3 Å². The number of ether oxygens (including phenoxy) is 2. The van der Waals surface area contributed by atoms with Gasteiger partial charge in [0.1, 0.15) is 0 Å². The standard InChI is InChI=1S/C15H32N2O2/c1-4-17-9-6-15(7-10-17)14(2)16-8-5-11-19-13-12-18-3/h14-16H,4-13H2,1-3H3. The summed E-state index contributed by atoms with van der Waals surface area (Å²) in [6.45, 7) is 11.6. The van der Waals surface area contributed by atoms with Crippen molar-refractivity contribution in [2.24, 2.45) is 5.92 Å². The van der Waals surface area contributed by atoms with E-state index >= 15 is 0 Å². The lowest BCUT2D eigenvalue weighted by Gasteiger charge is -2.34. The number of rotatable bonds is 10. The van der Waals surface area contributed by atoms with Gasteiger partial charge in [0.05, 0.1) is 13.2 Å². The monoisotopic (exact) mass is 272 g/mol. The lowest BCUT2D eigenvalue weighted by Crippen LogP contribution is -2.42. The minimum absolute atomic E-state index is 0.637. The minimum Gasteiger partial charge on any atom is -0.382 e. The Kier molecular flexibility index (Phi) is 9.43. The van der Waals surface area contributed by atoms with Gasteiger partial charge in [0.2, 0.25) is 0 Å². The maximum atomic E-state index is 5.46. The van der Waals surface area contributed by atoms with Crippen molar-refractivity contribution in [3.63, 3.8) is 0 Å². The summed E-state index contributed by atoms with van der Waals surface area (Å²) in [5.41, 5.74) is 0. The van der Waals surface area contributed by atoms with E-state index in [4.69, 9.17) is 9.47 Å². The Morgan fingerprint density at radius 1 is 1.21 bits per heavy atom. The quantitative estimate of drug-likeness (QED) is 0.614. The smallest absolute Gasteiger partial charge is 0.0700 e. The third-order valence-electron chi connectivity index (χ3n) is 4.15. The SMILES string of the molecule is CCN1CCC(C(C)NCCCOCCOC)CC1. The number of nitrogens with one attached hydrogen (secondary N) is 1. The van der Waals surface area contributed by atoms with Crippen LogP contribution in [0.2, 0.25) is 0 Å². The van der Waals surface area contributed by atoms with Gasteiger partial charge in [-0.15, -0.1) is 0 Å². The van der Waals surface area contributed by atoms with Gasteiger partial charge in [-0.3, -0.25) is 0 Å². The number of piperidine rings is 1. The van der Waals surface area contributed by atoms with Crippen LogP contribution in [0.4, 0.5) is 0 Å². The average Bonchev–Trinajstić information content (AvgIpc) is 2.46. The molecule has 1 fully saturated rings. The molecule has 0 aliphatic carbocycles. The second-order valence-electron chi connectivity index (χ2n) is 5.47. The first kappa shape index (κ1) is 16.9. The van der Waals surface area contributed by atoms with Crippen LogP contribution in [0.15, 0.2) is 0 Å². The van der Waals surface area contributed by atoms with Gasteiger partial charge >= 0.3 is 0 Å². The van der Waals surface area contributed by atoms with E-state index in [1.54, 1.807) is 7.11 Å². The van der Waals surface area contributed by atoms with Crippen molar-refractivity contribution in [1.29, 1.82) is 0 Å². The molecule has 0 amide bonds. The van der Waals surface area contributed by atoms with Gasteiger partial charge in [-0.2, -0.15) is 0 Å². The Hall–Kier alpha value is -0.160. The summed E-state index contributed by atoms with van der Waals surface area (Å²) in [6.07, 6.45) is 3.76. The summed E-state index contributed by atoms with van der Waals surface area (Å²) in [4.78, 5) is 2.55. The molecule has 1 aliphatic heterocycles. The third-order valence-corrected chi connectivity index (χ3v) is 4.15. The lowest BCUT2D eigenvalue weighted by molar-refractivity contribution is 0.0688. The van der Waals surface area contributed by atoms with Crippen molar-refractivity contribution in [3.05, 3.63) is 0 Å². The zero-order valence-corrected chi connectivity index (χ0v) is 13.0. The molecule has 19 heavy (non-hydrogen) atoms. The highest BCUT2D eigenvalue weighted by atomic mass is 16.5. The highest BCUT2D eigenvalue weighted by molar-refractivity contribution is 4.79. The van der Waals surface area contributed by atoms with Crippen molar-refractivity contribution in [1.82, 2.24) is 10.2 Å². The van der Waals surface area contributed by atoms with Crippen molar-refractivity contribution in [3.8, 4) is 0 Å². The molecule has 0 radical (unpaired) electrons. The van der Waals surface area contributed by atoms with E-state index in [2.05, 4.69) is 24.1 Å². The van der Waals surface area contributed by atoms with E-state index in [1.807, 2.05) is 0 Å². The Morgan fingerprint density at radius 3 is 2.58 bits per heavy atom. The van der Waals surface area contributed by atoms with Crippen molar-refractivity contribution >= 4 is 0 Å². The predicted molar refractivity (Wildman–Crippen MR) is 79.6 cm³/mol. The molecule has 0 spiro atoms. The molecule has 1 atom stereocenters. The Balaban J connectivity index is 1.97. The molecule has 0 bridgehead atoms. The largest absolute Gasteiger partial charge is 0.382 e. The Bertz CT molecular complexity index is 206. The van der Waals surface area contributed by atoms with Crippen LogP contribution >= 0.6 is 0 Å². The molecule has 0 aromatic rings. The summed E-state index contributed by atoms with van der Waals surface area (Å²) in [5.74, 6) is 0.845. The first-order chi connectivity index (χ1) is 9.27. The summed E-state index contributed by atoms with van der Waals surface area (Å²) < 4.78 is 10.4. The second-order valence-corrected chi connectivity index (χ2v) is 5.47. The van der Waals surface area contributed by atoms with Crippen LogP contribution in [0.3, 0.4) is 0 Å². The molecular formula is C15H32N2O2. The first-order valence-electron chi connectivity index (χ1n) is 7.80. The fourth-order valence-corrected chi connectivity index (χ4v) is 2.68. The number of likely N-dealkylation sites (tertiary alicyclic amines) is 1. The Morgan fingerprint density at radius 2 is 1.95 bits per heavy atom. The molecule has 1 saturated heterocycles. The zero-order valence-electron chi connectivity index (χ0n) is 13.0. The number of methoxy groups -OCH3 is 1. The topological polar surface area (TPSA) is 33.7 Å². The molecule has 0 aromatic heterocycles. The van der Waals surface area contributed by atoms with Crippen LogP contribution in [0.1, 0.15) is 33.1 Å². The van der Waals surface area contributed by atoms with Crippen LogP contribution in [-0.4, -0.2) is 64.1 Å². The van der Waals surface area contributed by atoms with Gasteiger partial charge in [0.15, 0.2) is 0 Å². The highest BCUT2D eigenvalue weighted by Gasteiger charge is 2.22. The molecule has 1 N–H and O–H groups in total. The molecular weight excluding hydrogens is 240 g/mol. The van der Waals surface area contributed by atoms with Gasteiger partial charge in [-0.25, -0.2) is 0 Å². The van der Waals surface area contributed by atoms with Crippen LogP contribution in [0, 0.1) is 5.92 Å². The van der Waals surface area contributed by atoms with E-state index in [0.717, 1.165) is 25.5 Å². The molecule has 1 heterocycles. The molecule has 4 nitrogen and oxygen atoms in total. The van der Waals surface area contributed by atoms with Crippen molar-refractivity contribution in [2.45, 2.75) is 39.2 Å². The number of hydrogen-bond donors (Lipinski definition) is 1. The number of nitrogens with zero attached hydrogens (tertiary/aromatic N) is 1. The summed E-state index contributed by atoms with van der Waals surface area (Å²) >= 11 is 0. The van der Waals surface area contributed by atoms with E-state index < -0.39 is 0 Å². The number of hydrogen-bond acceptors (Lipinski definition) is 4. The molecule has 1 unspecified atom stereocenters. The van der Waals surface area contributed by atoms with E-state index in [1.165, 1.54) is 32.5 Å². The lowest BCUT2D eigenvalue weighted by atomic mass is 9.90. The summed E-state index contributed by atoms with van der Waals surface area (Å²) in [6, 6.07) is 0.637. The predicted octanol–water partition coefficient (Wildman–Crippen LogP) is 1.75. The first-order valence-corrected chi connectivity index (χ1v) is 7.80. The molecule has 114 valence electrons. The Labute approximate surface area is 118 Å². The van der Waals surface area contributed by atoms with E-state index in [9.17, 15) is 0 Å². The molecule has 1 aliphatic rings. The normalized spacial score (nSPS) is 19.7. The van der Waals surface area contributed by atoms with Crippen LogP contribution in [0.25, 0.3) is 0 Å². The van der Waals surface area contributed by atoms with Gasteiger partial charge in [-0.1, -0.05) is 6.92 Å². The van der Waals surface area contributed by atoms with E-state index in [0.29, 0.717) is 19.3 Å². The van der Waals surface area contributed by atoms with Crippen molar-refractivity contribution < 1.29 is 9.47 Å². The van der Waals surface area contributed by atoms with Crippen LogP contribution < -0.4 is 5.32 Å². The molecule has 1 rings (SSSR count). The molecule has 0 saturated carbocycles. The molecule has 0 aromatic carbocycles. The second kappa shape index (κ2) is 10.6. The van der Waals surface area contributed by atoms with Gasteiger partial charge in [0, 0.05) is 19.8 Å². The van der Waals surface area contributed by atoms with Gasteiger partial charge < -0.3 is 19.7 Å². The minimum atomic E-state index is 0.637. The average molecular weight is 272 g/mol. The van der Waals surface area contributed by atoms with E-state index in [-0.39, 0.29) is 0 Å². The fourth-order valence-electron chi connectivity index (χ4n) is 2.68. The zero-order chi connectivity index (χ0) is 13.9. The highest BCUT2D eigenvalue weighted by Crippen LogP contribution is 2.20. The van der Waals surface area contributed by atoms with Crippen molar-refractivity contribution in [2.75, 3.05) is 53.1 Å². The summed E-state index contributed by atoms with van der Waals surface area (Å²) in [5, 5.41) is 3.65.